The highest BCUT2D eigenvalue weighted by Gasteiger charge is 2.61. The van der Waals surface area contributed by atoms with Gasteiger partial charge in [-0.1, -0.05) is 53.6 Å². The molecule has 0 radical (unpaired) electrons. The summed E-state index contributed by atoms with van der Waals surface area (Å²) < 4.78 is 17.1. The first-order valence-corrected chi connectivity index (χ1v) is 19.2. The Morgan fingerprint density at radius 2 is 1.54 bits per heavy atom. The van der Waals surface area contributed by atoms with Gasteiger partial charge in [-0.15, -0.1) is 12.4 Å². The molecule has 4 saturated carbocycles. The van der Waals surface area contributed by atoms with Gasteiger partial charge in [0.05, 0.1) is 31.4 Å². The quantitative estimate of drug-likeness (QED) is 0.108. The molecule has 15 heteroatoms. The zero-order valence-corrected chi connectivity index (χ0v) is 31.2. The normalized spacial score (nSPS) is 25.0. The Balaban J connectivity index is 0.00000605. The summed E-state index contributed by atoms with van der Waals surface area (Å²) in [5.74, 6) is -1.64. The van der Waals surface area contributed by atoms with Crippen LogP contribution in [-0.2, 0) is 52.7 Å². The number of esters is 1. The summed E-state index contributed by atoms with van der Waals surface area (Å²) in [5, 5.41) is 20.7. The lowest BCUT2D eigenvalue weighted by atomic mass is 9.47. The van der Waals surface area contributed by atoms with Crippen LogP contribution in [0.15, 0.2) is 54.6 Å². The molecule has 0 saturated heterocycles. The summed E-state index contributed by atoms with van der Waals surface area (Å²) in [7, 11) is 1.41. The number of halogens is 1. The van der Waals surface area contributed by atoms with E-state index in [0.29, 0.717) is 23.8 Å². The second-order valence-corrected chi connectivity index (χ2v) is 16.2. The van der Waals surface area contributed by atoms with Crippen LogP contribution in [0.1, 0.15) is 56.1 Å². The van der Waals surface area contributed by atoms with Crippen LogP contribution in [0.4, 0.5) is 0 Å². The molecule has 52 heavy (non-hydrogen) atoms. The Hall–Kier alpha value is -3.85. The highest BCUT2D eigenvalue weighted by molar-refractivity contribution is 7.90. The third-order valence-electron chi connectivity index (χ3n) is 10.5. The molecule has 4 bridgehead atoms. The number of hydrogen-bond acceptors (Lipinski definition) is 9. The van der Waals surface area contributed by atoms with Crippen LogP contribution in [-0.4, -0.2) is 88.6 Å². The SMILES string of the molecule is COC(=O)C12CC3CC(CC(NC(=O)[C@H](Cc4ccccc4)NC(=O)CNC(=O)[C@@H](CC[S+](C)[O-])NC(=O)[C@@H](N)Cc4ccc(O)cc4)(C3)C1)C2.Cl. The molecule has 4 aliphatic rings. The molecule has 3 unspecified atom stereocenters. The van der Waals surface area contributed by atoms with Crippen molar-refractivity contribution in [1.29, 1.82) is 0 Å². The molecule has 0 aromatic heterocycles. The van der Waals surface area contributed by atoms with Crippen molar-refractivity contribution in [3.05, 3.63) is 65.7 Å². The number of benzene rings is 2. The van der Waals surface area contributed by atoms with E-state index in [4.69, 9.17) is 10.5 Å². The number of nitrogens with two attached hydrogens (primary N) is 1. The largest absolute Gasteiger partial charge is 0.617 e. The predicted octanol–water partition coefficient (Wildman–Crippen LogP) is 1.41. The maximum atomic E-state index is 14.0. The van der Waals surface area contributed by atoms with Gasteiger partial charge in [0.2, 0.25) is 23.6 Å². The molecule has 2 aromatic carbocycles. The predicted molar refractivity (Wildman–Crippen MR) is 198 cm³/mol. The van der Waals surface area contributed by atoms with Crippen LogP contribution >= 0.6 is 12.4 Å². The first kappa shape index (κ1) is 40.9. The molecule has 13 nitrogen and oxygen atoms in total. The number of aromatic hydroxyl groups is 1. The summed E-state index contributed by atoms with van der Waals surface area (Å²) in [4.78, 5) is 66.5. The van der Waals surface area contributed by atoms with E-state index in [1.54, 1.807) is 12.1 Å². The maximum absolute atomic E-state index is 14.0. The minimum Gasteiger partial charge on any atom is -0.617 e. The van der Waals surface area contributed by atoms with Crippen molar-refractivity contribution in [1.82, 2.24) is 21.3 Å². The van der Waals surface area contributed by atoms with Crippen LogP contribution in [0.2, 0.25) is 0 Å². The summed E-state index contributed by atoms with van der Waals surface area (Å²) in [6, 6.07) is 12.4. The van der Waals surface area contributed by atoms with Crippen molar-refractivity contribution in [3.8, 4) is 5.75 Å². The van der Waals surface area contributed by atoms with E-state index in [-0.39, 0.29) is 55.0 Å². The molecule has 2 aromatic rings. The number of carbonyl (C=O) groups is 5. The number of ether oxygens (including phenoxy) is 1. The maximum Gasteiger partial charge on any atom is 0.311 e. The Labute approximate surface area is 313 Å². The number of carbonyl (C=O) groups excluding carboxylic acids is 5. The van der Waals surface area contributed by atoms with E-state index >= 15 is 0 Å². The smallest absolute Gasteiger partial charge is 0.311 e. The number of phenolic OH excluding ortho intramolecular Hbond substituents is 1. The minimum absolute atomic E-state index is 0. The first-order valence-electron chi connectivity index (χ1n) is 17.4. The van der Waals surface area contributed by atoms with Crippen LogP contribution in [0.3, 0.4) is 0 Å². The highest BCUT2D eigenvalue weighted by Crippen LogP contribution is 2.62. The standard InChI is InChI=1S/C37H49N5O8S.ClH/c1-50-35(48)36-17-25-14-26(18-36)20-37(19-25,22-36)42-34(47)30(16-23-6-4-3-5-7-23)40-31(44)21-39-33(46)29(12-13-51(2)49)41-32(45)28(38)15-24-8-10-27(43)11-9-24;/h3-11,25-26,28-30,43H,12-22,38H2,1-2H3,(H,39,46)(H,40,44)(H,41,45)(H,42,47);1H/t25?,26?,28-,29+,30-,36?,37?,51?;/m0./s1. The minimum atomic E-state index is -1.25. The molecule has 4 fully saturated rings. The van der Waals surface area contributed by atoms with E-state index in [0.717, 1.165) is 37.7 Å². The van der Waals surface area contributed by atoms with E-state index in [1.165, 1.54) is 25.5 Å². The second-order valence-electron chi connectivity index (χ2n) is 14.6. The second kappa shape index (κ2) is 17.8. The van der Waals surface area contributed by atoms with Crippen molar-refractivity contribution < 1.29 is 38.4 Å². The van der Waals surface area contributed by atoms with Gasteiger partial charge in [-0.2, -0.15) is 0 Å². The Kier molecular flexibility index (Phi) is 14.0. The lowest BCUT2D eigenvalue weighted by molar-refractivity contribution is -0.173. The van der Waals surface area contributed by atoms with Crippen molar-refractivity contribution in [3.63, 3.8) is 0 Å². The molecule has 4 aliphatic carbocycles. The highest BCUT2D eigenvalue weighted by atomic mass is 35.5. The first-order chi connectivity index (χ1) is 24.3. The van der Waals surface area contributed by atoms with Gasteiger partial charge in [-0.3, -0.25) is 24.0 Å². The van der Waals surface area contributed by atoms with E-state index in [2.05, 4.69) is 21.3 Å². The zero-order chi connectivity index (χ0) is 36.8. The third-order valence-corrected chi connectivity index (χ3v) is 11.3. The molecule has 0 aliphatic heterocycles. The number of rotatable bonds is 16. The number of methoxy groups -OCH3 is 1. The van der Waals surface area contributed by atoms with Crippen LogP contribution in [0.5, 0.6) is 5.75 Å². The van der Waals surface area contributed by atoms with Crippen LogP contribution in [0, 0.1) is 17.3 Å². The van der Waals surface area contributed by atoms with Gasteiger partial charge < -0.3 is 41.4 Å². The molecular weight excluding hydrogens is 710 g/mol. The van der Waals surface area contributed by atoms with Gasteiger partial charge in [-0.25, -0.2) is 0 Å². The average Bonchev–Trinajstić information content (AvgIpc) is 3.08. The van der Waals surface area contributed by atoms with Gasteiger partial charge in [0, 0.05) is 18.4 Å². The topological polar surface area (TPSA) is 212 Å². The fourth-order valence-corrected chi connectivity index (χ4v) is 9.19. The Morgan fingerprint density at radius 3 is 2.15 bits per heavy atom. The van der Waals surface area contributed by atoms with Crippen molar-refractivity contribution >= 4 is 53.2 Å². The molecule has 6 atom stereocenters. The monoisotopic (exact) mass is 759 g/mol. The van der Waals surface area contributed by atoms with Gasteiger partial charge in [0.1, 0.15) is 23.6 Å². The van der Waals surface area contributed by atoms with Gasteiger partial charge in [0.15, 0.2) is 0 Å². The van der Waals surface area contributed by atoms with Crippen molar-refractivity contribution in [2.75, 3.05) is 25.7 Å². The number of amides is 4. The van der Waals surface area contributed by atoms with E-state index in [1.807, 2.05) is 30.3 Å². The fraction of sp³-hybridized carbons (Fsp3) is 0.541. The molecule has 0 heterocycles. The van der Waals surface area contributed by atoms with Gasteiger partial charge >= 0.3 is 5.97 Å². The van der Waals surface area contributed by atoms with Crippen LogP contribution in [0.25, 0.3) is 0 Å². The lowest BCUT2D eigenvalue weighted by Crippen LogP contribution is -2.67. The van der Waals surface area contributed by atoms with Gasteiger partial charge in [0.25, 0.3) is 0 Å². The molecule has 7 N–H and O–H groups in total. The number of nitrogens with one attached hydrogen (secondary N) is 4. The molecule has 6 rings (SSSR count). The Bertz CT molecular complexity index is 1570. The molecular formula is C37H50ClN5O8S. The van der Waals surface area contributed by atoms with E-state index in [9.17, 15) is 33.6 Å². The molecule has 0 spiro atoms. The summed E-state index contributed by atoms with van der Waals surface area (Å²) in [5.41, 5.74) is 6.47. The van der Waals surface area contributed by atoms with E-state index < -0.39 is 64.5 Å². The lowest BCUT2D eigenvalue weighted by Gasteiger charge is -2.60. The number of hydrogen-bond donors (Lipinski definition) is 6. The zero-order valence-electron chi connectivity index (χ0n) is 29.6. The summed E-state index contributed by atoms with van der Waals surface area (Å²) >= 11 is -1.25. The summed E-state index contributed by atoms with van der Waals surface area (Å²) in [6.45, 7) is -0.473. The molecule has 284 valence electrons. The van der Waals surface area contributed by atoms with Crippen LogP contribution < -0.4 is 27.0 Å². The van der Waals surface area contributed by atoms with Crippen molar-refractivity contribution in [2.24, 2.45) is 23.0 Å². The third kappa shape index (κ3) is 10.4. The molecule has 4 amide bonds. The summed E-state index contributed by atoms with van der Waals surface area (Å²) in [6.07, 6.45) is 6.48. The Morgan fingerprint density at radius 1 is 0.904 bits per heavy atom. The number of phenols is 1. The fourth-order valence-electron chi connectivity index (χ4n) is 8.62. The van der Waals surface area contributed by atoms with Gasteiger partial charge in [-0.05, 0) is 80.0 Å². The van der Waals surface area contributed by atoms with Crippen molar-refractivity contribution in [2.45, 2.75) is 81.5 Å². The average molecular weight is 760 g/mol.